The van der Waals surface area contributed by atoms with Crippen molar-refractivity contribution in [3.8, 4) is 0 Å². The lowest BCUT2D eigenvalue weighted by atomic mass is 9.43. The normalized spacial score (nSPS) is 36.4. The van der Waals surface area contributed by atoms with Crippen molar-refractivity contribution in [1.29, 1.82) is 0 Å². The van der Waals surface area contributed by atoms with Gasteiger partial charge in [0.15, 0.2) is 5.60 Å². The molecule has 0 amide bonds. The van der Waals surface area contributed by atoms with Crippen LogP contribution in [0.15, 0.2) is 36.4 Å². The topological polar surface area (TPSA) is 48.0 Å². The summed E-state index contributed by atoms with van der Waals surface area (Å²) in [6.45, 7) is 6.73. The number of benzene rings is 2. The van der Waals surface area contributed by atoms with Crippen LogP contribution in [0.25, 0.3) is 0 Å². The molecule has 0 aromatic heterocycles. The van der Waals surface area contributed by atoms with Gasteiger partial charge in [-0.05, 0) is 93.7 Å². The number of hydrogen-bond donors (Lipinski definition) is 0. The zero-order valence-electron chi connectivity index (χ0n) is 20.3. The molecule has 5 fully saturated rings. The molecule has 5 heteroatoms. The Kier molecular flexibility index (Phi) is 4.36. The summed E-state index contributed by atoms with van der Waals surface area (Å²) < 4.78 is 5.39. The first-order chi connectivity index (χ1) is 16.5. The fourth-order valence-corrected chi connectivity index (χ4v) is 8.70. The number of ether oxygens (including phenoxy) is 1. The molecule has 8 rings (SSSR count). The van der Waals surface area contributed by atoms with E-state index in [9.17, 15) is 4.79 Å². The van der Waals surface area contributed by atoms with Crippen LogP contribution in [0.5, 0.6) is 0 Å². The van der Waals surface area contributed by atoms with Crippen LogP contribution < -0.4 is 4.90 Å². The number of esters is 1. The van der Waals surface area contributed by atoms with Crippen LogP contribution in [0.3, 0.4) is 0 Å². The number of aryl methyl sites for hydroxylation is 2. The monoisotopic (exact) mass is 459 g/mol. The van der Waals surface area contributed by atoms with Gasteiger partial charge in [-0.15, -0.1) is 0 Å². The Balaban J connectivity index is 1.48. The van der Waals surface area contributed by atoms with Crippen LogP contribution in [-0.2, 0) is 24.9 Å². The highest BCUT2D eigenvalue weighted by molar-refractivity contribution is 5.87. The molecule has 1 atom stereocenters. The molecule has 5 nitrogen and oxygen atoms in total. The first-order valence-corrected chi connectivity index (χ1v) is 13.0. The van der Waals surface area contributed by atoms with Crippen molar-refractivity contribution in [3.05, 3.63) is 58.7 Å². The Labute approximate surface area is 201 Å². The minimum atomic E-state index is -0.636. The summed E-state index contributed by atoms with van der Waals surface area (Å²) in [5.41, 5.74) is 5.81. The van der Waals surface area contributed by atoms with Crippen LogP contribution in [-0.4, -0.2) is 24.7 Å². The third kappa shape index (κ3) is 2.40. The van der Waals surface area contributed by atoms with Crippen molar-refractivity contribution in [2.75, 3.05) is 18.1 Å². The lowest BCUT2D eigenvalue weighted by Gasteiger charge is -2.71. The van der Waals surface area contributed by atoms with Crippen molar-refractivity contribution in [1.82, 2.24) is 0 Å². The zero-order valence-corrected chi connectivity index (χ0v) is 20.3. The SMILES string of the molecule is CCOC(=O)CN1c2cccc(C)c2C2(OOC23C2CC4CC(C2)CC3C4)c2cccc(C)c21. The summed E-state index contributed by atoms with van der Waals surface area (Å²) in [7, 11) is 0. The molecule has 2 heterocycles. The second-order valence-corrected chi connectivity index (χ2v) is 11.3. The van der Waals surface area contributed by atoms with Gasteiger partial charge in [0.25, 0.3) is 0 Å². The maximum atomic E-state index is 12.7. The maximum Gasteiger partial charge on any atom is 0.325 e. The van der Waals surface area contributed by atoms with E-state index in [1.807, 2.05) is 6.92 Å². The van der Waals surface area contributed by atoms with Gasteiger partial charge in [-0.25, -0.2) is 9.78 Å². The Morgan fingerprint density at radius 3 is 2.29 bits per heavy atom. The number of anilines is 2. The fraction of sp³-hybridized carbons (Fsp3) is 0.552. The minimum absolute atomic E-state index is 0.184. The molecule has 2 aromatic rings. The van der Waals surface area contributed by atoms with E-state index in [4.69, 9.17) is 14.5 Å². The van der Waals surface area contributed by atoms with Crippen LogP contribution in [0.4, 0.5) is 11.4 Å². The molecule has 1 saturated heterocycles. The van der Waals surface area contributed by atoms with Gasteiger partial charge in [-0.2, -0.15) is 0 Å². The van der Waals surface area contributed by atoms with Crippen molar-refractivity contribution in [2.45, 2.75) is 64.1 Å². The molecule has 1 unspecified atom stereocenters. The molecule has 2 aliphatic heterocycles. The summed E-state index contributed by atoms with van der Waals surface area (Å²) in [5.74, 6) is 2.48. The van der Waals surface area contributed by atoms with Crippen molar-refractivity contribution < 1.29 is 19.3 Å². The van der Waals surface area contributed by atoms with E-state index in [0.717, 1.165) is 34.3 Å². The second-order valence-electron chi connectivity index (χ2n) is 11.3. The van der Waals surface area contributed by atoms with Crippen molar-refractivity contribution >= 4 is 17.3 Å². The lowest BCUT2D eigenvalue weighted by molar-refractivity contribution is -0.583. The molecule has 178 valence electrons. The second kappa shape index (κ2) is 7.08. The summed E-state index contributed by atoms with van der Waals surface area (Å²) in [4.78, 5) is 27.8. The Bertz CT molecular complexity index is 1160. The number of hydrogen-bond acceptors (Lipinski definition) is 5. The molecule has 34 heavy (non-hydrogen) atoms. The molecule has 4 saturated carbocycles. The van der Waals surface area contributed by atoms with Gasteiger partial charge in [0.1, 0.15) is 12.1 Å². The highest BCUT2D eigenvalue weighted by atomic mass is 17.3. The molecule has 4 aliphatic carbocycles. The van der Waals surface area contributed by atoms with Crippen LogP contribution in [0, 0.1) is 37.5 Å². The van der Waals surface area contributed by atoms with Gasteiger partial charge in [0.2, 0.25) is 0 Å². The standard InChI is InChI=1S/C29H33NO4/c1-4-32-25(31)16-30-24-10-6-7-17(2)26(24)29(23-9-5-8-18(3)27(23)30)28(33-34-29)21-12-19-11-20(14-21)15-22(28)13-19/h5-10,19-22H,4,11-16H2,1-3H3. The quantitative estimate of drug-likeness (QED) is 0.434. The number of nitrogens with zero attached hydrogens (tertiary/aromatic N) is 1. The summed E-state index contributed by atoms with van der Waals surface area (Å²) in [5, 5.41) is 0. The van der Waals surface area contributed by atoms with E-state index < -0.39 is 5.60 Å². The third-order valence-corrected chi connectivity index (χ3v) is 9.58. The number of carbonyl (C=O) groups is 1. The average molecular weight is 460 g/mol. The third-order valence-electron chi connectivity index (χ3n) is 9.58. The van der Waals surface area contributed by atoms with Gasteiger partial charge < -0.3 is 9.64 Å². The van der Waals surface area contributed by atoms with Gasteiger partial charge in [0.05, 0.1) is 12.3 Å². The highest BCUT2D eigenvalue weighted by Crippen LogP contribution is 2.73. The van der Waals surface area contributed by atoms with Crippen molar-refractivity contribution in [2.24, 2.45) is 23.7 Å². The van der Waals surface area contributed by atoms with E-state index >= 15 is 0 Å². The van der Waals surface area contributed by atoms with Crippen LogP contribution in [0.2, 0.25) is 0 Å². The van der Waals surface area contributed by atoms with Crippen molar-refractivity contribution in [3.63, 3.8) is 0 Å². The summed E-state index contributed by atoms with van der Waals surface area (Å²) in [6.07, 6.45) is 6.37. The van der Waals surface area contributed by atoms with Crippen LogP contribution in [0.1, 0.15) is 61.3 Å². The summed E-state index contributed by atoms with van der Waals surface area (Å²) in [6, 6.07) is 12.9. The molecular formula is C29H33NO4. The molecule has 2 aromatic carbocycles. The molecule has 0 N–H and O–H groups in total. The molecule has 0 radical (unpaired) electrons. The first-order valence-electron chi connectivity index (χ1n) is 13.0. The maximum absolute atomic E-state index is 12.7. The Morgan fingerprint density at radius 2 is 1.65 bits per heavy atom. The molecular weight excluding hydrogens is 426 g/mol. The van der Waals surface area contributed by atoms with E-state index in [1.54, 1.807) is 0 Å². The van der Waals surface area contributed by atoms with Gasteiger partial charge in [-0.3, -0.25) is 4.79 Å². The number of carbonyl (C=O) groups excluding carboxylic acids is 1. The number of para-hydroxylation sites is 1. The fourth-order valence-electron chi connectivity index (χ4n) is 8.70. The van der Waals surface area contributed by atoms with Crippen LogP contribution >= 0.6 is 0 Å². The minimum Gasteiger partial charge on any atom is -0.465 e. The number of rotatable bonds is 3. The molecule has 2 spiro atoms. The highest BCUT2D eigenvalue weighted by Gasteiger charge is 2.77. The summed E-state index contributed by atoms with van der Waals surface area (Å²) >= 11 is 0. The molecule has 4 bridgehead atoms. The Hall–Kier alpha value is -2.37. The lowest BCUT2D eigenvalue weighted by Crippen LogP contribution is -2.77. The van der Waals surface area contributed by atoms with E-state index in [2.05, 4.69) is 55.1 Å². The van der Waals surface area contributed by atoms with Gasteiger partial charge in [0, 0.05) is 16.8 Å². The molecule has 6 aliphatic rings. The van der Waals surface area contributed by atoms with Gasteiger partial charge in [-0.1, -0.05) is 30.3 Å². The van der Waals surface area contributed by atoms with E-state index in [0.29, 0.717) is 18.4 Å². The zero-order chi connectivity index (χ0) is 23.2. The predicted octanol–water partition coefficient (Wildman–Crippen LogP) is 5.72. The smallest absolute Gasteiger partial charge is 0.325 e. The average Bonchev–Trinajstić information content (AvgIpc) is 2.78. The number of fused-ring (bicyclic) bond motifs is 4. The van der Waals surface area contributed by atoms with E-state index in [-0.39, 0.29) is 18.1 Å². The first kappa shape index (κ1) is 21.0. The van der Waals surface area contributed by atoms with E-state index in [1.165, 1.54) is 43.2 Å². The predicted molar refractivity (Wildman–Crippen MR) is 129 cm³/mol. The van der Waals surface area contributed by atoms with Gasteiger partial charge >= 0.3 is 5.97 Å². The Morgan fingerprint density at radius 1 is 0.971 bits per heavy atom. The largest absolute Gasteiger partial charge is 0.465 e.